The number of hydrogen-bond donors (Lipinski definition) is 0. The first-order valence-electron chi connectivity index (χ1n) is 7.04. The van der Waals surface area contributed by atoms with E-state index in [1.165, 1.54) is 10.8 Å². The van der Waals surface area contributed by atoms with Crippen molar-refractivity contribution in [2.45, 2.75) is 39.2 Å². The fourth-order valence-corrected chi connectivity index (χ4v) is 2.40. The monoisotopic (exact) mass is 294 g/mol. The predicted octanol–water partition coefficient (Wildman–Crippen LogP) is 0.860. The molecule has 0 amide bonds. The van der Waals surface area contributed by atoms with Gasteiger partial charge in [0.25, 0.3) is 5.56 Å². The molecular formula is C14H18N2O5. The average molecular weight is 294 g/mol. The Morgan fingerprint density at radius 3 is 2.71 bits per heavy atom. The molecule has 2 heterocycles. The van der Waals surface area contributed by atoms with Gasteiger partial charge in [0.1, 0.15) is 17.4 Å². The molecule has 0 bridgehead atoms. The second-order valence-electron chi connectivity index (χ2n) is 4.64. The molecule has 2 rings (SSSR count). The van der Waals surface area contributed by atoms with E-state index in [0.717, 1.165) is 6.42 Å². The first kappa shape index (κ1) is 15.2. The molecule has 1 unspecified atom stereocenters. The summed E-state index contributed by atoms with van der Waals surface area (Å²) in [6.07, 6.45) is 3.06. The minimum atomic E-state index is -0.724. The molecule has 0 spiro atoms. The highest BCUT2D eigenvalue weighted by Crippen LogP contribution is 2.23. The Morgan fingerprint density at radius 2 is 2.05 bits per heavy atom. The fourth-order valence-electron chi connectivity index (χ4n) is 2.40. The van der Waals surface area contributed by atoms with Crippen LogP contribution in [0.5, 0.6) is 0 Å². The zero-order valence-corrected chi connectivity index (χ0v) is 12.1. The van der Waals surface area contributed by atoms with Crippen molar-refractivity contribution in [3.8, 4) is 0 Å². The summed E-state index contributed by atoms with van der Waals surface area (Å²) in [5, 5.41) is 0. The molecule has 21 heavy (non-hydrogen) atoms. The molecule has 1 aliphatic rings. The van der Waals surface area contributed by atoms with Crippen LogP contribution in [0.15, 0.2) is 11.0 Å². The molecule has 7 heteroatoms. The standard InChI is InChI=1S/C14H18N2O5/c1-3-20-13(18)9-8-15-11-7-5-6-10(14(19)21-4-2)16(11)12(9)17/h8,10H,3-7H2,1-2H3. The molecule has 0 aliphatic carbocycles. The van der Waals surface area contributed by atoms with Crippen LogP contribution in [-0.4, -0.2) is 34.7 Å². The van der Waals surface area contributed by atoms with E-state index in [-0.39, 0.29) is 18.8 Å². The summed E-state index contributed by atoms with van der Waals surface area (Å²) in [5.41, 5.74) is -0.701. The molecule has 1 aliphatic heterocycles. The Kier molecular flexibility index (Phi) is 4.72. The zero-order chi connectivity index (χ0) is 15.4. The van der Waals surface area contributed by atoms with Gasteiger partial charge in [0.15, 0.2) is 0 Å². The molecule has 1 aromatic rings. The average Bonchev–Trinajstić information content (AvgIpc) is 2.47. The summed E-state index contributed by atoms with van der Waals surface area (Å²) >= 11 is 0. The van der Waals surface area contributed by atoms with Crippen LogP contribution in [0.1, 0.15) is 48.9 Å². The lowest BCUT2D eigenvalue weighted by atomic mass is 10.0. The van der Waals surface area contributed by atoms with Crippen molar-refractivity contribution in [1.29, 1.82) is 0 Å². The van der Waals surface area contributed by atoms with Crippen LogP contribution in [0, 0.1) is 0 Å². The molecule has 0 aromatic carbocycles. The predicted molar refractivity (Wildman–Crippen MR) is 73.1 cm³/mol. The summed E-state index contributed by atoms with van der Waals surface area (Å²) < 4.78 is 11.1. The number of aromatic nitrogens is 2. The van der Waals surface area contributed by atoms with Crippen molar-refractivity contribution in [2.24, 2.45) is 0 Å². The molecule has 1 atom stereocenters. The van der Waals surface area contributed by atoms with E-state index in [1.54, 1.807) is 13.8 Å². The van der Waals surface area contributed by atoms with E-state index in [4.69, 9.17) is 9.47 Å². The summed E-state index contributed by atoms with van der Waals surface area (Å²) in [4.78, 5) is 40.3. The third-order valence-corrected chi connectivity index (χ3v) is 3.31. The lowest BCUT2D eigenvalue weighted by molar-refractivity contribution is -0.147. The third-order valence-electron chi connectivity index (χ3n) is 3.31. The number of ether oxygens (including phenoxy) is 2. The number of fused-ring (bicyclic) bond motifs is 1. The van der Waals surface area contributed by atoms with Crippen LogP contribution in [0.4, 0.5) is 0 Å². The van der Waals surface area contributed by atoms with Gasteiger partial charge in [0, 0.05) is 12.6 Å². The Morgan fingerprint density at radius 1 is 1.33 bits per heavy atom. The Hall–Kier alpha value is -2.18. The smallest absolute Gasteiger partial charge is 0.345 e. The van der Waals surface area contributed by atoms with Crippen molar-refractivity contribution < 1.29 is 19.1 Å². The second kappa shape index (κ2) is 6.51. The van der Waals surface area contributed by atoms with E-state index in [0.29, 0.717) is 18.7 Å². The van der Waals surface area contributed by atoms with E-state index >= 15 is 0 Å². The highest BCUT2D eigenvalue weighted by Gasteiger charge is 2.31. The summed E-state index contributed by atoms with van der Waals surface area (Å²) in [6.45, 7) is 3.77. The fraction of sp³-hybridized carbons (Fsp3) is 0.571. The molecule has 114 valence electrons. The van der Waals surface area contributed by atoms with Crippen LogP contribution >= 0.6 is 0 Å². The maximum atomic E-state index is 12.5. The van der Waals surface area contributed by atoms with Gasteiger partial charge in [0.2, 0.25) is 0 Å². The zero-order valence-electron chi connectivity index (χ0n) is 12.1. The van der Waals surface area contributed by atoms with Gasteiger partial charge in [-0.2, -0.15) is 0 Å². The number of esters is 2. The molecule has 7 nitrogen and oxygen atoms in total. The second-order valence-corrected chi connectivity index (χ2v) is 4.64. The number of hydrogen-bond acceptors (Lipinski definition) is 6. The highest BCUT2D eigenvalue weighted by molar-refractivity contribution is 5.88. The van der Waals surface area contributed by atoms with Crippen molar-refractivity contribution in [3.63, 3.8) is 0 Å². The largest absolute Gasteiger partial charge is 0.464 e. The van der Waals surface area contributed by atoms with E-state index in [9.17, 15) is 14.4 Å². The van der Waals surface area contributed by atoms with Gasteiger partial charge in [-0.25, -0.2) is 14.6 Å². The van der Waals surface area contributed by atoms with Gasteiger partial charge in [-0.3, -0.25) is 9.36 Å². The Balaban J connectivity index is 2.46. The lowest BCUT2D eigenvalue weighted by Crippen LogP contribution is -2.39. The number of carbonyl (C=O) groups excluding carboxylic acids is 2. The Labute approximate surface area is 121 Å². The number of carbonyl (C=O) groups is 2. The first-order valence-corrected chi connectivity index (χ1v) is 7.04. The van der Waals surface area contributed by atoms with E-state index in [1.807, 2.05) is 0 Å². The molecule has 0 radical (unpaired) electrons. The molecule has 0 fully saturated rings. The van der Waals surface area contributed by atoms with Crippen molar-refractivity contribution in [3.05, 3.63) is 27.9 Å². The summed E-state index contributed by atoms with van der Waals surface area (Å²) in [7, 11) is 0. The quantitative estimate of drug-likeness (QED) is 0.765. The van der Waals surface area contributed by atoms with Gasteiger partial charge >= 0.3 is 11.9 Å². The van der Waals surface area contributed by atoms with Crippen LogP contribution in [0.3, 0.4) is 0 Å². The van der Waals surface area contributed by atoms with Gasteiger partial charge in [-0.05, 0) is 26.7 Å². The summed E-state index contributed by atoms with van der Waals surface area (Å²) in [6, 6.07) is -0.719. The van der Waals surface area contributed by atoms with Crippen molar-refractivity contribution in [2.75, 3.05) is 13.2 Å². The lowest BCUT2D eigenvalue weighted by Gasteiger charge is -2.25. The van der Waals surface area contributed by atoms with Crippen molar-refractivity contribution in [1.82, 2.24) is 9.55 Å². The maximum Gasteiger partial charge on any atom is 0.345 e. The topological polar surface area (TPSA) is 87.5 Å². The van der Waals surface area contributed by atoms with Gasteiger partial charge in [-0.15, -0.1) is 0 Å². The SMILES string of the molecule is CCOC(=O)c1cnc2n(c1=O)C(C(=O)OCC)CCC2. The minimum Gasteiger partial charge on any atom is -0.464 e. The molecular weight excluding hydrogens is 276 g/mol. The van der Waals surface area contributed by atoms with Gasteiger partial charge < -0.3 is 9.47 Å². The molecule has 0 saturated carbocycles. The van der Waals surface area contributed by atoms with Crippen LogP contribution in [-0.2, 0) is 20.7 Å². The van der Waals surface area contributed by atoms with Crippen LogP contribution < -0.4 is 5.56 Å². The number of aryl methyl sites for hydroxylation is 1. The Bertz CT molecular complexity index is 608. The third kappa shape index (κ3) is 2.96. The van der Waals surface area contributed by atoms with Crippen LogP contribution in [0.25, 0.3) is 0 Å². The van der Waals surface area contributed by atoms with E-state index < -0.39 is 23.5 Å². The molecule has 0 N–H and O–H groups in total. The maximum absolute atomic E-state index is 12.5. The summed E-state index contributed by atoms with van der Waals surface area (Å²) in [5.74, 6) is -0.695. The highest BCUT2D eigenvalue weighted by atomic mass is 16.5. The number of nitrogens with zero attached hydrogens (tertiary/aromatic N) is 2. The van der Waals surface area contributed by atoms with Crippen LogP contribution in [0.2, 0.25) is 0 Å². The molecule has 1 aromatic heterocycles. The normalized spacial score (nSPS) is 17.0. The van der Waals surface area contributed by atoms with E-state index in [2.05, 4.69) is 4.98 Å². The van der Waals surface area contributed by atoms with Gasteiger partial charge in [0.05, 0.1) is 13.2 Å². The van der Waals surface area contributed by atoms with Crippen molar-refractivity contribution >= 4 is 11.9 Å². The minimum absolute atomic E-state index is 0.156. The molecule has 0 saturated heterocycles. The number of rotatable bonds is 4. The first-order chi connectivity index (χ1) is 10.1. The van der Waals surface area contributed by atoms with Gasteiger partial charge in [-0.1, -0.05) is 0 Å².